The van der Waals surface area contributed by atoms with Crippen LogP contribution in [-0.4, -0.2) is 39.8 Å². The van der Waals surface area contributed by atoms with E-state index in [9.17, 15) is 0 Å². The molecule has 0 unspecified atom stereocenters. The van der Waals surface area contributed by atoms with Crippen molar-refractivity contribution in [2.24, 2.45) is 0 Å². The van der Waals surface area contributed by atoms with Gasteiger partial charge in [0.15, 0.2) is 11.5 Å². The minimum absolute atomic E-state index is 0.228. The third-order valence-corrected chi connectivity index (χ3v) is 5.16. The van der Waals surface area contributed by atoms with E-state index < -0.39 is 0 Å². The first-order valence-electron chi connectivity index (χ1n) is 10.5. The molecule has 5 rings (SSSR count). The molecule has 0 saturated heterocycles. The number of ether oxygens (including phenoxy) is 2. The third-order valence-electron chi connectivity index (χ3n) is 5.16. The number of nitrogens with one attached hydrogen (secondary N) is 2. The van der Waals surface area contributed by atoms with Gasteiger partial charge < -0.3 is 25.0 Å². The van der Waals surface area contributed by atoms with Crippen LogP contribution in [0, 0.1) is 0 Å². The molecule has 1 aliphatic rings. The summed E-state index contributed by atoms with van der Waals surface area (Å²) in [6.07, 6.45) is 1.78. The number of hydrogen-bond donors (Lipinski definition) is 2. The van der Waals surface area contributed by atoms with Gasteiger partial charge in [0.1, 0.15) is 0 Å². The van der Waals surface area contributed by atoms with Crippen LogP contribution in [0.3, 0.4) is 0 Å². The Morgan fingerprint density at radius 2 is 1.56 bits per heavy atom. The number of anilines is 5. The molecule has 1 aliphatic heterocycles. The average Bonchev–Trinajstić information content (AvgIpc) is 3.28. The first-order chi connectivity index (χ1) is 15.7. The number of benzene rings is 2. The smallest absolute Gasteiger partial charge is 0.233 e. The first-order valence-corrected chi connectivity index (χ1v) is 10.5. The molecule has 0 spiro atoms. The van der Waals surface area contributed by atoms with Crippen LogP contribution in [-0.2, 0) is 0 Å². The average molecular weight is 429 g/mol. The molecule has 9 heteroatoms. The Hall–Kier alpha value is -4.14. The van der Waals surface area contributed by atoms with Gasteiger partial charge in [-0.3, -0.25) is 4.98 Å². The van der Waals surface area contributed by atoms with E-state index in [1.54, 1.807) is 6.20 Å². The van der Waals surface area contributed by atoms with E-state index in [4.69, 9.17) is 9.47 Å². The first kappa shape index (κ1) is 19.8. The summed E-state index contributed by atoms with van der Waals surface area (Å²) in [6, 6.07) is 15.5. The molecule has 0 radical (unpaired) electrons. The van der Waals surface area contributed by atoms with Crippen LogP contribution >= 0.6 is 0 Å². The highest BCUT2D eigenvalue weighted by Crippen LogP contribution is 2.35. The molecular formula is C23H23N7O2. The number of fused-ring (bicyclic) bond motifs is 2. The van der Waals surface area contributed by atoms with Gasteiger partial charge in [-0.2, -0.15) is 15.0 Å². The van der Waals surface area contributed by atoms with E-state index in [1.807, 2.05) is 48.5 Å². The van der Waals surface area contributed by atoms with Gasteiger partial charge >= 0.3 is 0 Å². The monoisotopic (exact) mass is 429 g/mol. The molecule has 3 heterocycles. The van der Waals surface area contributed by atoms with Crippen molar-refractivity contribution in [3.05, 3.63) is 54.7 Å². The summed E-state index contributed by atoms with van der Waals surface area (Å²) in [5, 5.41) is 7.60. The largest absolute Gasteiger partial charge is 0.454 e. The van der Waals surface area contributed by atoms with Crippen molar-refractivity contribution in [2.45, 2.75) is 13.8 Å². The Balaban J connectivity index is 1.47. The van der Waals surface area contributed by atoms with Gasteiger partial charge in [0, 0.05) is 42.1 Å². The number of aromatic nitrogens is 4. The molecular weight excluding hydrogens is 406 g/mol. The molecule has 0 amide bonds. The van der Waals surface area contributed by atoms with Crippen molar-refractivity contribution >= 4 is 40.1 Å². The standard InChI is InChI=1S/C23H23N7O2/c1-3-30(4-2)23-28-21(25-16-7-9-18-15(12-16)6-5-11-24-18)27-22(29-23)26-17-8-10-19-20(13-17)32-14-31-19/h5-13H,3-4,14H2,1-2H3,(H2,25,26,27,28,29). The highest BCUT2D eigenvalue weighted by Gasteiger charge is 2.15. The SMILES string of the molecule is CCN(CC)c1nc(Nc2ccc3c(c2)OCO3)nc(Nc2ccc3ncccc3c2)n1. The highest BCUT2D eigenvalue weighted by molar-refractivity contribution is 5.82. The van der Waals surface area contributed by atoms with Crippen LogP contribution in [0.15, 0.2) is 54.7 Å². The third kappa shape index (κ3) is 4.04. The maximum Gasteiger partial charge on any atom is 0.233 e. The van der Waals surface area contributed by atoms with Crippen molar-refractivity contribution in [3.63, 3.8) is 0 Å². The van der Waals surface area contributed by atoms with E-state index >= 15 is 0 Å². The summed E-state index contributed by atoms with van der Waals surface area (Å²) in [6.45, 7) is 5.94. The number of nitrogens with zero attached hydrogens (tertiary/aromatic N) is 5. The highest BCUT2D eigenvalue weighted by atomic mass is 16.7. The summed E-state index contributed by atoms with van der Waals surface area (Å²) in [4.78, 5) is 20.3. The van der Waals surface area contributed by atoms with E-state index in [-0.39, 0.29) is 6.79 Å². The molecule has 9 nitrogen and oxygen atoms in total. The predicted molar refractivity (Wildman–Crippen MR) is 124 cm³/mol. The molecule has 2 N–H and O–H groups in total. The Kier molecular flexibility index (Phi) is 5.29. The fraction of sp³-hybridized carbons (Fsp3) is 0.217. The summed E-state index contributed by atoms with van der Waals surface area (Å²) >= 11 is 0. The molecule has 2 aromatic carbocycles. The van der Waals surface area contributed by atoms with Crippen LogP contribution in [0.25, 0.3) is 10.9 Å². The van der Waals surface area contributed by atoms with Crippen molar-refractivity contribution in [2.75, 3.05) is 35.4 Å². The Labute approximate surface area is 185 Å². The van der Waals surface area contributed by atoms with Crippen molar-refractivity contribution < 1.29 is 9.47 Å². The zero-order chi connectivity index (χ0) is 21.9. The van der Waals surface area contributed by atoms with E-state index in [1.165, 1.54) is 0 Å². The molecule has 0 saturated carbocycles. The minimum Gasteiger partial charge on any atom is -0.454 e. The fourth-order valence-electron chi connectivity index (χ4n) is 3.51. The van der Waals surface area contributed by atoms with E-state index in [0.29, 0.717) is 23.6 Å². The topological polar surface area (TPSA) is 97.3 Å². The van der Waals surface area contributed by atoms with E-state index in [0.717, 1.165) is 41.1 Å². The summed E-state index contributed by atoms with van der Waals surface area (Å²) in [5.74, 6) is 2.90. The zero-order valence-corrected chi connectivity index (χ0v) is 17.9. The van der Waals surface area contributed by atoms with Crippen LogP contribution in [0.1, 0.15) is 13.8 Å². The lowest BCUT2D eigenvalue weighted by atomic mass is 10.2. The van der Waals surface area contributed by atoms with Gasteiger partial charge in [0.25, 0.3) is 0 Å². The lowest BCUT2D eigenvalue weighted by Crippen LogP contribution is -2.25. The normalized spacial score (nSPS) is 12.1. The van der Waals surface area contributed by atoms with Crippen LogP contribution < -0.4 is 25.0 Å². The van der Waals surface area contributed by atoms with Crippen LogP contribution in [0.5, 0.6) is 11.5 Å². The second-order valence-corrected chi connectivity index (χ2v) is 7.18. The Morgan fingerprint density at radius 1 is 0.844 bits per heavy atom. The second-order valence-electron chi connectivity index (χ2n) is 7.18. The van der Waals surface area contributed by atoms with Crippen LogP contribution in [0.2, 0.25) is 0 Å². The van der Waals surface area contributed by atoms with Gasteiger partial charge in [-0.05, 0) is 50.2 Å². The van der Waals surface area contributed by atoms with Gasteiger partial charge in [-0.25, -0.2) is 0 Å². The van der Waals surface area contributed by atoms with Crippen molar-refractivity contribution in [3.8, 4) is 11.5 Å². The second kappa shape index (κ2) is 8.54. The lowest BCUT2D eigenvalue weighted by molar-refractivity contribution is 0.174. The molecule has 32 heavy (non-hydrogen) atoms. The molecule has 0 aliphatic carbocycles. The van der Waals surface area contributed by atoms with Crippen LogP contribution in [0.4, 0.5) is 29.2 Å². The van der Waals surface area contributed by atoms with Gasteiger partial charge in [0.2, 0.25) is 24.6 Å². The quantitative estimate of drug-likeness (QED) is 0.440. The number of hydrogen-bond acceptors (Lipinski definition) is 9. The van der Waals surface area contributed by atoms with Crippen molar-refractivity contribution in [1.82, 2.24) is 19.9 Å². The Morgan fingerprint density at radius 3 is 2.34 bits per heavy atom. The molecule has 0 bridgehead atoms. The zero-order valence-electron chi connectivity index (χ0n) is 17.9. The molecule has 4 aromatic rings. The van der Waals surface area contributed by atoms with Gasteiger partial charge in [-0.1, -0.05) is 6.07 Å². The summed E-state index contributed by atoms with van der Waals surface area (Å²) in [7, 11) is 0. The number of pyridine rings is 1. The number of rotatable bonds is 7. The molecule has 162 valence electrons. The van der Waals surface area contributed by atoms with Gasteiger partial charge in [0.05, 0.1) is 5.52 Å². The maximum absolute atomic E-state index is 5.47. The lowest BCUT2D eigenvalue weighted by Gasteiger charge is -2.20. The fourth-order valence-corrected chi connectivity index (χ4v) is 3.51. The van der Waals surface area contributed by atoms with Crippen molar-refractivity contribution in [1.29, 1.82) is 0 Å². The maximum atomic E-state index is 5.47. The summed E-state index contributed by atoms with van der Waals surface area (Å²) in [5.41, 5.74) is 2.60. The molecule has 0 fully saturated rings. The predicted octanol–water partition coefficient (Wildman–Crippen LogP) is 4.48. The Bertz CT molecular complexity index is 1260. The molecule has 0 atom stereocenters. The van der Waals surface area contributed by atoms with E-state index in [2.05, 4.69) is 49.3 Å². The minimum atomic E-state index is 0.228. The molecule has 2 aromatic heterocycles. The summed E-state index contributed by atoms with van der Waals surface area (Å²) < 4.78 is 10.9. The van der Waals surface area contributed by atoms with Gasteiger partial charge in [-0.15, -0.1) is 0 Å².